The van der Waals surface area contributed by atoms with Crippen molar-refractivity contribution in [2.45, 2.75) is 9.59 Å². The molecule has 1 atom stereocenters. The fourth-order valence-electron chi connectivity index (χ4n) is 3.55. The molecule has 174 valence electrons. The van der Waals surface area contributed by atoms with Crippen molar-refractivity contribution in [2.75, 3.05) is 0 Å². The number of thioether (sulfide) groups is 1. The highest BCUT2D eigenvalue weighted by Crippen LogP contribution is 2.43. The first-order valence-corrected chi connectivity index (χ1v) is 14.8. The highest BCUT2D eigenvalue weighted by molar-refractivity contribution is 14.1. The van der Waals surface area contributed by atoms with Gasteiger partial charge in [-0.25, -0.2) is 4.98 Å². The van der Waals surface area contributed by atoms with E-state index >= 15 is 0 Å². The molecule has 0 saturated carbocycles. The zero-order valence-electron chi connectivity index (χ0n) is 18.0. The van der Waals surface area contributed by atoms with Crippen LogP contribution in [0.1, 0.15) is 21.9 Å². The molecule has 1 aromatic heterocycles. The summed E-state index contributed by atoms with van der Waals surface area (Å²) >= 11 is 13.9. The second-order valence-corrected chi connectivity index (χ2v) is 12.9. The number of phenols is 1. The van der Waals surface area contributed by atoms with E-state index in [1.54, 1.807) is 29.3 Å². The molecule has 0 radical (unpaired) electrons. The normalized spacial score (nSPS) is 12.4. The van der Waals surface area contributed by atoms with Gasteiger partial charge in [-0.3, -0.25) is 4.99 Å². The number of phenolic OH excluding ortho intramolecular Hbond substituents is 1. The molecular formula is C27H17ClI2N2OS2. The summed E-state index contributed by atoms with van der Waals surface area (Å²) in [6, 6.07) is 28.3. The zero-order chi connectivity index (χ0) is 24.4. The van der Waals surface area contributed by atoms with Gasteiger partial charge in [-0.05, 0) is 98.8 Å². The van der Waals surface area contributed by atoms with Gasteiger partial charge < -0.3 is 5.11 Å². The van der Waals surface area contributed by atoms with Gasteiger partial charge >= 0.3 is 0 Å². The van der Waals surface area contributed by atoms with Crippen LogP contribution < -0.4 is 0 Å². The summed E-state index contributed by atoms with van der Waals surface area (Å²) in [5, 5.41) is 11.2. The number of benzene rings is 4. The van der Waals surface area contributed by atoms with E-state index in [1.165, 1.54) is 11.1 Å². The topological polar surface area (TPSA) is 45.5 Å². The standard InChI is InChI=1S/C27H17ClI2N2OS2/c28-19-8-6-17(7-9-19)26(16-4-2-1-3-5-16)35-27-32-23-11-10-21(14-24(23)34-27)31-15-18-12-20(29)13-22(30)25(18)33/h1-15,26,33H/t26-/m1/s1. The Morgan fingerprint density at radius 2 is 1.69 bits per heavy atom. The summed E-state index contributed by atoms with van der Waals surface area (Å²) < 4.78 is 3.94. The van der Waals surface area contributed by atoms with Crippen LogP contribution in [-0.4, -0.2) is 16.3 Å². The van der Waals surface area contributed by atoms with E-state index in [2.05, 4.69) is 86.6 Å². The fraction of sp³-hybridized carbons (Fsp3) is 0.0370. The fourth-order valence-corrected chi connectivity index (χ4v) is 7.98. The van der Waals surface area contributed by atoms with E-state index in [0.717, 1.165) is 32.4 Å². The summed E-state index contributed by atoms with van der Waals surface area (Å²) in [5.41, 5.74) is 4.88. The summed E-state index contributed by atoms with van der Waals surface area (Å²) in [4.78, 5) is 9.49. The van der Waals surface area contributed by atoms with Gasteiger partial charge in [0.05, 0.1) is 24.7 Å². The summed E-state index contributed by atoms with van der Waals surface area (Å²) in [7, 11) is 0. The highest BCUT2D eigenvalue weighted by Gasteiger charge is 2.18. The van der Waals surface area contributed by atoms with E-state index in [1.807, 2.05) is 48.5 Å². The zero-order valence-corrected chi connectivity index (χ0v) is 24.7. The van der Waals surface area contributed by atoms with Crippen LogP contribution in [0.4, 0.5) is 5.69 Å². The van der Waals surface area contributed by atoms with Gasteiger partial charge in [0.15, 0.2) is 4.34 Å². The van der Waals surface area contributed by atoms with Crippen LogP contribution in [0.5, 0.6) is 5.75 Å². The highest BCUT2D eigenvalue weighted by atomic mass is 127. The van der Waals surface area contributed by atoms with Gasteiger partial charge in [0.2, 0.25) is 0 Å². The monoisotopic (exact) mass is 738 g/mol. The first-order valence-electron chi connectivity index (χ1n) is 10.6. The van der Waals surface area contributed by atoms with Crippen LogP contribution in [0.2, 0.25) is 5.02 Å². The van der Waals surface area contributed by atoms with Crippen LogP contribution in [0.3, 0.4) is 0 Å². The number of hydrogen-bond acceptors (Lipinski definition) is 5. The Balaban J connectivity index is 1.44. The first kappa shape index (κ1) is 25.0. The molecule has 0 fully saturated rings. The molecule has 1 N–H and O–H groups in total. The third-order valence-corrected chi connectivity index (χ3v) is 9.38. The molecule has 1 heterocycles. The number of nitrogens with zero attached hydrogens (tertiary/aromatic N) is 2. The minimum Gasteiger partial charge on any atom is -0.506 e. The molecule has 5 rings (SSSR count). The maximum Gasteiger partial charge on any atom is 0.152 e. The van der Waals surface area contributed by atoms with Gasteiger partial charge in [-0.2, -0.15) is 0 Å². The summed E-state index contributed by atoms with van der Waals surface area (Å²) in [6.45, 7) is 0. The van der Waals surface area contributed by atoms with Gasteiger partial charge in [-0.1, -0.05) is 65.8 Å². The van der Waals surface area contributed by atoms with Crippen molar-refractivity contribution in [2.24, 2.45) is 4.99 Å². The number of fused-ring (bicyclic) bond motifs is 1. The van der Waals surface area contributed by atoms with Crippen molar-refractivity contribution >= 4 is 102 Å². The second-order valence-electron chi connectivity index (χ2n) is 7.68. The number of rotatable bonds is 6. The molecule has 4 aromatic carbocycles. The van der Waals surface area contributed by atoms with Gasteiger partial charge in [0.1, 0.15) is 5.75 Å². The van der Waals surface area contributed by atoms with E-state index < -0.39 is 0 Å². The molecule has 0 amide bonds. The molecule has 5 aromatic rings. The van der Waals surface area contributed by atoms with Crippen molar-refractivity contribution < 1.29 is 5.11 Å². The second kappa shape index (κ2) is 11.2. The molecule has 0 spiro atoms. The predicted octanol–water partition coefficient (Wildman–Crippen LogP) is 9.50. The quantitative estimate of drug-likeness (QED) is 0.107. The lowest BCUT2D eigenvalue weighted by Gasteiger charge is -2.16. The van der Waals surface area contributed by atoms with E-state index in [0.29, 0.717) is 5.56 Å². The number of aromatic hydroxyl groups is 1. The third kappa shape index (κ3) is 6.02. The maximum atomic E-state index is 10.3. The van der Waals surface area contributed by atoms with Crippen LogP contribution in [0.25, 0.3) is 10.2 Å². The lowest BCUT2D eigenvalue weighted by Crippen LogP contribution is -1.96. The van der Waals surface area contributed by atoms with Gasteiger partial charge in [0.25, 0.3) is 0 Å². The molecule has 0 aliphatic rings. The predicted molar refractivity (Wildman–Crippen MR) is 166 cm³/mol. The first-order chi connectivity index (χ1) is 17.0. The Hall–Kier alpha value is -1.66. The molecule has 0 aliphatic heterocycles. The molecular weight excluding hydrogens is 722 g/mol. The van der Waals surface area contributed by atoms with Crippen LogP contribution >= 0.6 is 79.9 Å². The average Bonchev–Trinajstić information content (AvgIpc) is 3.27. The Labute approximate surface area is 244 Å². The SMILES string of the molecule is Oc1c(I)cc(I)cc1C=Nc1ccc2nc(S[C@H](c3ccccc3)c3ccc(Cl)cc3)sc2c1. The largest absolute Gasteiger partial charge is 0.506 e. The van der Waals surface area contributed by atoms with Crippen molar-refractivity contribution in [3.8, 4) is 5.75 Å². The van der Waals surface area contributed by atoms with Crippen molar-refractivity contribution in [1.29, 1.82) is 0 Å². The Kier molecular flexibility index (Phi) is 7.98. The van der Waals surface area contributed by atoms with Gasteiger partial charge in [-0.15, -0.1) is 11.3 Å². The minimum atomic E-state index is 0.109. The molecule has 0 saturated heterocycles. The number of thiazole rings is 1. The number of aliphatic imine (C=N–C) groups is 1. The van der Waals surface area contributed by atoms with Crippen LogP contribution in [0, 0.1) is 7.14 Å². The Morgan fingerprint density at radius 3 is 2.46 bits per heavy atom. The van der Waals surface area contributed by atoms with Crippen LogP contribution in [-0.2, 0) is 0 Å². The van der Waals surface area contributed by atoms with Crippen molar-refractivity contribution in [3.05, 3.63) is 114 Å². The Bertz CT molecular complexity index is 1520. The molecule has 0 bridgehead atoms. The number of halogens is 3. The lowest BCUT2D eigenvalue weighted by molar-refractivity contribution is 0.470. The van der Waals surface area contributed by atoms with Crippen LogP contribution in [0.15, 0.2) is 94.3 Å². The molecule has 0 unspecified atom stereocenters. The molecule has 8 heteroatoms. The number of hydrogen-bond donors (Lipinski definition) is 1. The molecule has 35 heavy (non-hydrogen) atoms. The van der Waals surface area contributed by atoms with E-state index in [9.17, 15) is 5.11 Å². The van der Waals surface area contributed by atoms with Crippen molar-refractivity contribution in [3.63, 3.8) is 0 Å². The van der Waals surface area contributed by atoms with Crippen molar-refractivity contribution in [1.82, 2.24) is 4.98 Å². The number of aromatic nitrogens is 1. The van der Waals surface area contributed by atoms with Gasteiger partial charge in [0, 0.05) is 20.4 Å². The molecule has 0 aliphatic carbocycles. The minimum absolute atomic E-state index is 0.109. The lowest BCUT2D eigenvalue weighted by atomic mass is 10.0. The van der Waals surface area contributed by atoms with E-state index in [-0.39, 0.29) is 11.0 Å². The average molecular weight is 739 g/mol. The third-order valence-electron chi connectivity index (χ3n) is 5.26. The summed E-state index contributed by atoms with van der Waals surface area (Å²) in [6.07, 6.45) is 1.71. The maximum absolute atomic E-state index is 10.3. The van der Waals surface area contributed by atoms with E-state index in [4.69, 9.17) is 16.6 Å². The smallest absolute Gasteiger partial charge is 0.152 e. The summed E-state index contributed by atoms with van der Waals surface area (Å²) in [5.74, 6) is 0.251. The molecule has 3 nitrogen and oxygen atoms in total. The Morgan fingerprint density at radius 1 is 0.943 bits per heavy atom.